The van der Waals surface area contributed by atoms with Gasteiger partial charge in [-0.1, -0.05) is 0 Å². The van der Waals surface area contributed by atoms with Crippen molar-refractivity contribution < 1.29 is 47.6 Å². The second-order valence-electron chi connectivity index (χ2n) is 9.47. The molecular formula is C27H39N3O10S. The number of ether oxygens (including phenoxy) is 6. The number of carbonyl (C=O) groups excluding carboxylic acids is 4. The van der Waals surface area contributed by atoms with Crippen molar-refractivity contribution in [2.45, 2.75) is 78.6 Å². The van der Waals surface area contributed by atoms with Gasteiger partial charge in [0, 0.05) is 39.9 Å². The van der Waals surface area contributed by atoms with Gasteiger partial charge < -0.3 is 44.4 Å². The Hall–Kier alpha value is -3.49. The number of hydrogen-bond acceptors (Lipinski definition) is 11. The summed E-state index contributed by atoms with van der Waals surface area (Å²) < 4.78 is 33.2. The zero-order chi connectivity index (χ0) is 30.7. The van der Waals surface area contributed by atoms with Crippen molar-refractivity contribution in [1.29, 1.82) is 0 Å². The van der Waals surface area contributed by atoms with Gasteiger partial charge in [0.1, 0.15) is 24.5 Å². The zero-order valence-corrected chi connectivity index (χ0v) is 25.2. The molecule has 1 aliphatic heterocycles. The molecule has 0 saturated carbocycles. The molecule has 0 aliphatic carbocycles. The highest BCUT2D eigenvalue weighted by atomic mass is 32.1. The molecule has 13 nitrogen and oxygen atoms in total. The van der Waals surface area contributed by atoms with Crippen LogP contribution in [0.25, 0.3) is 0 Å². The normalized spacial score (nSPS) is 21.7. The van der Waals surface area contributed by atoms with Crippen LogP contribution >= 0.6 is 12.2 Å². The highest BCUT2D eigenvalue weighted by Gasteiger charge is 2.51. The first-order valence-corrected chi connectivity index (χ1v) is 13.4. The van der Waals surface area contributed by atoms with Crippen molar-refractivity contribution in [3.8, 4) is 5.75 Å². The van der Waals surface area contributed by atoms with Gasteiger partial charge in [-0.25, -0.2) is 0 Å². The minimum atomic E-state index is -1.18. The van der Waals surface area contributed by atoms with Crippen LogP contribution in [0.15, 0.2) is 12.1 Å². The van der Waals surface area contributed by atoms with E-state index in [9.17, 15) is 19.2 Å². The topological polar surface area (TPSA) is 160 Å². The van der Waals surface area contributed by atoms with Crippen LogP contribution < -0.4 is 20.7 Å². The lowest BCUT2D eigenvalue weighted by molar-refractivity contribution is -0.277. The summed E-state index contributed by atoms with van der Waals surface area (Å²) in [6.45, 7) is 9.03. The van der Waals surface area contributed by atoms with Crippen molar-refractivity contribution in [1.82, 2.24) is 10.6 Å². The molecule has 2 rings (SSSR count). The first-order chi connectivity index (χ1) is 19.3. The summed E-state index contributed by atoms with van der Waals surface area (Å²) in [4.78, 5) is 47.3. The molecule has 1 aliphatic rings. The van der Waals surface area contributed by atoms with Gasteiger partial charge in [0.05, 0.1) is 13.7 Å². The number of nitrogens with one attached hydrogen (secondary N) is 3. The van der Waals surface area contributed by atoms with E-state index < -0.39 is 54.5 Å². The largest absolute Gasteiger partial charge is 0.496 e. The maximum Gasteiger partial charge on any atom is 0.303 e. The number of esters is 3. The lowest BCUT2D eigenvalue weighted by Gasteiger charge is -2.44. The Morgan fingerprint density at radius 2 is 1.56 bits per heavy atom. The fourth-order valence-electron chi connectivity index (χ4n) is 4.43. The van der Waals surface area contributed by atoms with E-state index in [0.717, 1.165) is 22.6 Å². The average Bonchev–Trinajstić information content (AvgIpc) is 2.85. The summed E-state index contributed by atoms with van der Waals surface area (Å²) >= 11 is 5.40. The molecule has 1 saturated heterocycles. The first kappa shape index (κ1) is 33.7. The molecule has 3 N–H and O–H groups in total. The summed E-state index contributed by atoms with van der Waals surface area (Å²) in [5.41, 5.74) is 2.77. The van der Waals surface area contributed by atoms with Gasteiger partial charge in [-0.05, 0) is 55.7 Å². The molecule has 0 radical (unpaired) electrons. The van der Waals surface area contributed by atoms with E-state index in [4.69, 9.17) is 40.6 Å². The van der Waals surface area contributed by atoms with Gasteiger partial charge in [-0.3, -0.25) is 19.2 Å². The SMILES string of the molecule is COc1c(C)cc(NC(=S)NCCCO[C@@H]2O[C@H](COC(C)=O)[C@@H](OC(C)=O)[C@H](OC(C)=O)[C@@H]2NC(C)=O)cc1C. The lowest BCUT2D eigenvalue weighted by Crippen LogP contribution is -2.66. The first-order valence-electron chi connectivity index (χ1n) is 13.0. The predicted molar refractivity (Wildman–Crippen MR) is 151 cm³/mol. The number of hydrogen-bond donors (Lipinski definition) is 3. The molecule has 0 aromatic heterocycles. The number of aryl methyl sites for hydroxylation is 2. The standard InChI is InChI=1S/C27H39N3O10S/c1-14-11-20(12-15(2)23(14)35-7)30-27(41)28-9-8-10-36-26-22(29-16(3)31)25(39-19(6)34)24(38-18(5)33)21(40-26)13-37-17(4)32/h11-12,21-22,24-26H,8-10,13H2,1-7H3,(H,29,31)(H2,28,30,41)/t21-,22+,24-,25-,26-/m1/s1. The van der Waals surface area contributed by atoms with Crippen LogP contribution in [0.2, 0.25) is 0 Å². The Bertz CT molecular complexity index is 1090. The molecule has 5 atom stereocenters. The number of carbonyl (C=O) groups is 4. The summed E-state index contributed by atoms with van der Waals surface area (Å²) in [6, 6.07) is 2.84. The highest BCUT2D eigenvalue weighted by Crippen LogP contribution is 2.28. The van der Waals surface area contributed by atoms with Gasteiger partial charge in [0.2, 0.25) is 5.91 Å². The Balaban J connectivity index is 2.05. The van der Waals surface area contributed by atoms with Crippen molar-refractivity contribution in [2.24, 2.45) is 0 Å². The zero-order valence-electron chi connectivity index (χ0n) is 24.4. The minimum Gasteiger partial charge on any atom is -0.496 e. The highest BCUT2D eigenvalue weighted by molar-refractivity contribution is 7.80. The van der Waals surface area contributed by atoms with Crippen LogP contribution in [0.4, 0.5) is 5.69 Å². The summed E-state index contributed by atoms with van der Waals surface area (Å²) in [7, 11) is 1.63. The molecule has 1 amide bonds. The van der Waals surface area contributed by atoms with E-state index in [1.54, 1.807) is 7.11 Å². The Kier molecular flexibility index (Phi) is 13.2. The van der Waals surface area contributed by atoms with Crippen molar-refractivity contribution >= 4 is 46.8 Å². The predicted octanol–water partition coefficient (Wildman–Crippen LogP) is 1.66. The smallest absolute Gasteiger partial charge is 0.303 e. The molecule has 1 heterocycles. The van der Waals surface area contributed by atoms with Gasteiger partial charge >= 0.3 is 17.9 Å². The third kappa shape index (κ3) is 10.8. The van der Waals surface area contributed by atoms with E-state index in [1.807, 2.05) is 26.0 Å². The van der Waals surface area contributed by atoms with E-state index in [0.29, 0.717) is 18.1 Å². The average molecular weight is 598 g/mol. The third-order valence-electron chi connectivity index (χ3n) is 5.88. The number of amides is 1. The maximum atomic E-state index is 12.0. The lowest BCUT2D eigenvalue weighted by atomic mass is 9.96. The van der Waals surface area contributed by atoms with Crippen LogP contribution in [-0.4, -0.2) is 86.4 Å². The van der Waals surface area contributed by atoms with Crippen LogP contribution in [0.3, 0.4) is 0 Å². The number of thiocarbonyl (C=S) groups is 1. The fourth-order valence-corrected chi connectivity index (χ4v) is 4.65. The molecule has 228 valence electrons. The minimum absolute atomic E-state index is 0.155. The van der Waals surface area contributed by atoms with E-state index in [2.05, 4.69) is 16.0 Å². The van der Waals surface area contributed by atoms with Crippen LogP contribution in [0.1, 0.15) is 45.2 Å². The second kappa shape index (κ2) is 16.1. The number of benzene rings is 1. The molecular weight excluding hydrogens is 558 g/mol. The number of anilines is 1. The summed E-state index contributed by atoms with van der Waals surface area (Å²) in [6.07, 6.45) is -4.02. The Morgan fingerprint density at radius 1 is 0.951 bits per heavy atom. The van der Waals surface area contributed by atoms with Crippen molar-refractivity contribution in [3.63, 3.8) is 0 Å². The summed E-state index contributed by atoms with van der Waals surface area (Å²) in [5, 5.41) is 9.31. The van der Waals surface area contributed by atoms with E-state index in [-0.39, 0.29) is 13.2 Å². The maximum absolute atomic E-state index is 12.0. The molecule has 41 heavy (non-hydrogen) atoms. The molecule has 0 unspecified atom stereocenters. The molecule has 0 bridgehead atoms. The second-order valence-corrected chi connectivity index (χ2v) is 9.88. The number of rotatable bonds is 12. The van der Waals surface area contributed by atoms with Gasteiger partial charge in [-0.2, -0.15) is 0 Å². The molecule has 1 aromatic rings. The van der Waals surface area contributed by atoms with Gasteiger partial charge in [0.15, 0.2) is 23.6 Å². The van der Waals surface area contributed by atoms with Gasteiger partial charge in [-0.15, -0.1) is 0 Å². The Labute approximate surface area is 244 Å². The molecule has 1 aromatic carbocycles. The fraction of sp³-hybridized carbons (Fsp3) is 0.593. The summed E-state index contributed by atoms with van der Waals surface area (Å²) in [5.74, 6) is -1.58. The molecule has 14 heteroatoms. The Morgan fingerprint density at radius 3 is 2.10 bits per heavy atom. The van der Waals surface area contributed by atoms with Crippen LogP contribution in [0, 0.1) is 13.8 Å². The monoisotopic (exact) mass is 597 g/mol. The van der Waals surface area contributed by atoms with Crippen molar-refractivity contribution in [3.05, 3.63) is 23.3 Å². The van der Waals surface area contributed by atoms with Crippen molar-refractivity contribution in [2.75, 3.05) is 32.2 Å². The number of methoxy groups -OCH3 is 1. The van der Waals surface area contributed by atoms with Gasteiger partial charge in [0.25, 0.3) is 0 Å². The molecule has 0 spiro atoms. The third-order valence-corrected chi connectivity index (χ3v) is 6.13. The van der Waals surface area contributed by atoms with Crippen LogP contribution in [-0.2, 0) is 42.9 Å². The van der Waals surface area contributed by atoms with Crippen LogP contribution in [0.5, 0.6) is 5.75 Å². The molecule has 1 fully saturated rings. The van der Waals surface area contributed by atoms with E-state index in [1.165, 1.54) is 27.7 Å². The quantitative estimate of drug-likeness (QED) is 0.138. The van der Waals surface area contributed by atoms with E-state index >= 15 is 0 Å².